The average Bonchev–Trinajstić information content (AvgIpc) is 3.46. The zero-order valence-corrected chi connectivity index (χ0v) is 23.8. The van der Waals surface area contributed by atoms with Crippen LogP contribution in [0.4, 0.5) is 9.59 Å². The number of nitrogens with one attached hydrogen (secondary N) is 2. The quantitative estimate of drug-likeness (QED) is 0.286. The first-order chi connectivity index (χ1) is 17.2. The van der Waals surface area contributed by atoms with E-state index in [1.165, 1.54) is 11.3 Å². The third-order valence-electron chi connectivity index (χ3n) is 4.46. The van der Waals surface area contributed by atoms with Crippen LogP contribution in [0.3, 0.4) is 0 Å². The Bertz CT molecular complexity index is 1000. The number of hydrogen-bond donors (Lipinski definition) is 3. The second-order valence-corrected chi connectivity index (χ2v) is 11.7. The number of carbonyl (C=O) groups is 3. The molecule has 2 heterocycles. The van der Waals surface area contributed by atoms with E-state index in [0.717, 1.165) is 11.1 Å². The molecule has 38 heavy (non-hydrogen) atoms. The van der Waals surface area contributed by atoms with Gasteiger partial charge in [-0.3, -0.25) is 4.79 Å². The summed E-state index contributed by atoms with van der Waals surface area (Å²) in [6, 6.07) is 5.41. The number of carbonyl (C=O) groups excluding carboxylic acids is 2. The van der Waals surface area contributed by atoms with Crippen LogP contribution in [0.2, 0.25) is 0 Å². The number of hydrogen-bond acceptors (Lipinski definition) is 8. The van der Waals surface area contributed by atoms with Gasteiger partial charge in [0.25, 0.3) is 0 Å². The molecule has 2 aromatic rings. The van der Waals surface area contributed by atoms with Crippen molar-refractivity contribution in [3.63, 3.8) is 0 Å². The van der Waals surface area contributed by atoms with E-state index < -0.39 is 29.4 Å². The second kappa shape index (κ2) is 16.7. The number of nitriles is 1. The summed E-state index contributed by atoms with van der Waals surface area (Å²) < 4.78 is 10.4. The zero-order chi connectivity index (χ0) is 28.1. The predicted octanol–water partition coefficient (Wildman–Crippen LogP) is 7.43. The number of carboxylic acids is 1. The molecule has 9 nitrogen and oxygen atoms in total. The topological polar surface area (TPSA) is 138 Å². The minimum absolute atomic E-state index is 0. The Labute approximate surface area is 234 Å². The number of amides is 2. The Morgan fingerprint density at radius 3 is 1.63 bits per heavy atom. The van der Waals surface area contributed by atoms with Crippen molar-refractivity contribution in [3.05, 3.63) is 44.8 Å². The largest absolute Gasteiger partial charge is 0.481 e. The summed E-state index contributed by atoms with van der Waals surface area (Å²) in [5.41, 5.74) is 0.826. The maximum Gasteiger partial charge on any atom is 0.408 e. The molecule has 0 bridgehead atoms. The van der Waals surface area contributed by atoms with Crippen LogP contribution in [-0.4, -0.2) is 34.5 Å². The van der Waals surface area contributed by atoms with E-state index in [2.05, 4.69) is 16.7 Å². The van der Waals surface area contributed by atoms with Crippen LogP contribution in [0.25, 0.3) is 0 Å². The SMILES string of the molecule is C.CC(C)(C)OC(=O)NC(CCC#N)c1ccsc1.CC(C)(C)OC(=O)NC(CCC(=O)O)c1ccsc1. The molecule has 2 unspecified atom stereocenters. The monoisotopic (exact) mass is 567 g/mol. The van der Waals surface area contributed by atoms with Crippen molar-refractivity contribution in [2.45, 2.75) is 97.9 Å². The standard InChI is InChI=1S/C13H18N2O2S.C13H19NO4S.CH4/c1-13(2,3)17-12(16)15-11(5-4-7-14)10-6-8-18-9-10;1-13(2,3)18-12(17)14-10(4-5-11(15)16)9-6-7-19-8-9;/h6,8-9,11H,4-5H2,1-3H3,(H,15,16);6-8,10H,4-5H2,1-3H3,(H,14,17)(H,15,16);1H4. The molecule has 2 rings (SSSR count). The van der Waals surface area contributed by atoms with E-state index >= 15 is 0 Å². The van der Waals surface area contributed by atoms with Gasteiger partial charge in [-0.2, -0.15) is 27.9 Å². The molecule has 0 aliphatic heterocycles. The summed E-state index contributed by atoms with van der Waals surface area (Å²) in [6.45, 7) is 10.8. The molecule has 3 N–H and O–H groups in total. The normalized spacial score (nSPS) is 12.3. The highest BCUT2D eigenvalue weighted by molar-refractivity contribution is 7.08. The fourth-order valence-corrected chi connectivity index (χ4v) is 4.40. The third kappa shape index (κ3) is 15.9. The first-order valence-electron chi connectivity index (χ1n) is 11.8. The minimum Gasteiger partial charge on any atom is -0.481 e. The molecule has 2 atom stereocenters. The van der Waals surface area contributed by atoms with Crippen molar-refractivity contribution in [3.8, 4) is 6.07 Å². The molecular formula is C27H41N3O6S2. The summed E-state index contributed by atoms with van der Waals surface area (Å²) in [6.07, 6.45) is 0.343. The number of thiophene rings is 2. The highest BCUT2D eigenvalue weighted by Crippen LogP contribution is 2.23. The minimum atomic E-state index is -0.883. The number of rotatable bonds is 9. The van der Waals surface area contributed by atoms with Gasteiger partial charge in [0.1, 0.15) is 11.2 Å². The molecule has 11 heteroatoms. The van der Waals surface area contributed by atoms with Crippen molar-refractivity contribution in [1.29, 1.82) is 5.26 Å². The summed E-state index contributed by atoms with van der Waals surface area (Å²) in [5, 5.41) is 30.6. The van der Waals surface area contributed by atoms with Crippen LogP contribution in [0, 0.1) is 11.3 Å². The van der Waals surface area contributed by atoms with Gasteiger partial charge in [-0.15, -0.1) is 0 Å². The van der Waals surface area contributed by atoms with Gasteiger partial charge >= 0.3 is 18.2 Å². The highest BCUT2D eigenvalue weighted by atomic mass is 32.1. The summed E-state index contributed by atoms with van der Waals surface area (Å²) in [5.74, 6) is -0.883. The molecule has 212 valence electrons. The van der Waals surface area contributed by atoms with Gasteiger partial charge in [0.15, 0.2) is 0 Å². The molecule has 0 aliphatic rings. The molecule has 0 saturated carbocycles. The van der Waals surface area contributed by atoms with Crippen LogP contribution in [0.5, 0.6) is 0 Å². The molecule has 0 spiro atoms. The molecule has 0 radical (unpaired) electrons. The van der Waals surface area contributed by atoms with E-state index in [9.17, 15) is 14.4 Å². The number of carboxylic acid groups (broad SMARTS) is 1. The van der Waals surface area contributed by atoms with Crippen molar-refractivity contribution in [2.75, 3.05) is 0 Å². The highest BCUT2D eigenvalue weighted by Gasteiger charge is 2.22. The van der Waals surface area contributed by atoms with Crippen LogP contribution in [0.15, 0.2) is 33.7 Å². The van der Waals surface area contributed by atoms with Gasteiger partial charge in [-0.05, 0) is 99.2 Å². The van der Waals surface area contributed by atoms with E-state index in [0.29, 0.717) is 19.3 Å². The maximum absolute atomic E-state index is 11.7. The maximum atomic E-state index is 11.7. The number of alkyl carbamates (subject to hydrolysis) is 2. The second-order valence-electron chi connectivity index (χ2n) is 10.1. The zero-order valence-electron chi connectivity index (χ0n) is 22.2. The molecule has 0 aromatic carbocycles. The number of nitrogens with zero attached hydrogens (tertiary/aromatic N) is 1. The summed E-state index contributed by atoms with van der Waals surface area (Å²) >= 11 is 3.07. The molecule has 0 aliphatic carbocycles. The van der Waals surface area contributed by atoms with Crippen molar-refractivity contribution < 1.29 is 29.0 Å². The van der Waals surface area contributed by atoms with Gasteiger partial charge in [0.2, 0.25) is 0 Å². The molecule has 0 fully saturated rings. The third-order valence-corrected chi connectivity index (χ3v) is 5.87. The molecular weight excluding hydrogens is 526 g/mol. The van der Waals surface area contributed by atoms with E-state index in [4.69, 9.17) is 19.8 Å². The Morgan fingerprint density at radius 1 is 0.895 bits per heavy atom. The lowest BCUT2D eigenvalue weighted by atomic mass is 10.1. The van der Waals surface area contributed by atoms with Gasteiger partial charge in [0, 0.05) is 12.8 Å². The van der Waals surface area contributed by atoms with E-state index in [1.807, 2.05) is 54.4 Å². The average molecular weight is 568 g/mol. The Balaban J connectivity index is 0.000000703. The van der Waals surface area contributed by atoms with Crippen molar-refractivity contribution in [2.24, 2.45) is 0 Å². The Morgan fingerprint density at radius 2 is 1.32 bits per heavy atom. The van der Waals surface area contributed by atoms with Crippen molar-refractivity contribution >= 4 is 40.8 Å². The first kappa shape index (κ1) is 34.9. The van der Waals surface area contributed by atoms with Gasteiger partial charge in [-0.1, -0.05) is 7.43 Å². The fraction of sp³-hybridized carbons (Fsp3) is 0.556. The Hall–Kier alpha value is -3.10. The van der Waals surface area contributed by atoms with Crippen molar-refractivity contribution in [1.82, 2.24) is 10.6 Å². The first-order valence-corrected chi connectivity index (χ1v) is 13.7. The number of ether oxygens (including phenoxy) is 2. The lowest BCUT2D eigenvalue weighted by Crippen LogP contribution is -2.35. The molecule has 2 amide bonds. The molecule has 2 aromatic heterocycles. The van der Waals surface area contributed by atoms with Crippen LogP contribution < -0.4 is 10.6 Å². The Kier molecular flexibility index (Phi) is 15.3. The number of aliphatic carboxylic acids is 1. The van der Waals surface area contributed by atoms with E-state index in [-0.39, 0.29) is 25.9 Å². The lowest BCUT2D eigenvalue weighted by Gasteiger charge is -2.23. The van der Waals surface area contributed by atoms with Crippen LogP contribution >= 0.6 is 22.7 Å². The van der Waals surface area contributed by atoms with Crippen LogP contribution in [0.1, 0.15) is 97.9 Å². The smallest absolute Gasteiger partial charge is 0.408 e. The summed E-state index contributed by atoms with van der Waals surface area (Å²) in [7, 11) is 0. The van der Waals surface area contributed by atoms with E-state index in [1.54, 1.807) is 32.1 Å². The van der Waals surface area contributed by atoms with Crippen LogP contribution in [-0.2, 0) is 14.3 Å². The van der Waals surface area contributed by atoms with Gasteiger partial charge in [0.05, 0.1) is 18.2 Å². The fourth-order valence-electron chi connectivity index (χ4n) is 2.97. The summed E-state index contributed by atoms with van der Waals surface area (Å²) in [4.78, 5) is 34.1. The van der Waals surface area contributed by atoms with Gasteiger partial charge in [-0.25, -0.2) is 9.59 Å². The predicted molar refractivity (Wildman–Crippen MR) is 151 cm³/mol. The molecule has 0 saturated heterocycles. The van der Waals surface area contributed by atoms with Gasteiger partial charge < -0.3 is 25.2 Å². The lowest BCUT2D eigenvalue weighted by molar-refractivity contribution is -0.137.